The number of thiol groups is 1. The van der Waals surface area contributed by atoms with Gasteiger partial charge in [-0.3, -0.25) is 69.7 Å². The van der Waals surface area contributed by atoms with Gasteiger partial charge in [-0.2, -0.15) is 28.1 Å². The van der Waals surface area contributed by atoms with E-state index in [-0.39, 0.29) is 84.8 Å². The molecule has 52 nitrogen and oxygen atoms in total. The molecule has 0 aromatic carbocycles. The van der Waals surface area contributed by atoms with E-state index in [4.69, 9.17) is 150 Å². The molecule has 6 bridgehead atoms. The number of thioether (sulfide) groups is 3. The van der Waals surface area contributed by atoms with E-state index in [1.165, 1.54) is 73.9 Å². The van der Waals surface area contributed by atoms with Crippen molar-refractivity contribution in [2.24, 2.45) is 0 Å². The van der Waals surface area contributed by atoms with Crippen LogP contribution in [0.25, 0.3) is 66.7 Å². The number of nitrogen functional groups attached to an aromatic ring is 6. The van der Waals surface area contributed by atoms with Crippen LogP contribution in [0.15, 0.2) is 88.5 Å². The third-order valence-corrected chi connectivity index (χ3v) is 35.5. The molecule has 6 unspecified atom stereocenters. The molecule has 732 valence electrons. The number of ether oxygens (including phenoxy) is 3. The van der Waals surface area contributed by atoms with Crippen LogP contribution in [-0.2, 0) is 125 Å². The number of anilines is 6. The van der Waals surface area contributed by atoms with Crippen LogP contribution in [0.4, 0.5) is 65.5 Å². The number of fused-ring (bicyclic) bond motifs is 15. The molecule has 21 rings (SSSR count). The van der Waals surface area contributed by atoms with Crippen LogP contribution in [0.5, 0.6) is 0 Å². The van der Waals surface area contributed by atoms with Crippen LogP contribution in [0.1, 0.15) is 34.8 Å². The fourth-order valence-corrected chi connectivity index (χ4v) is 29.1. The van der Waals surface area contributed by atoms with Gasteiger partial charge in [-0.15, -0.1) is 45.5 Å². The van der Waals surface area contributed by atoms with Gasteiger partial charge in [0.2, 0.25) is 18.1 Å². The topological polar surface area (TPSA) is 713 Å². The summed E-state index contributed by atoms with van der Waals surface area (Å²) >= 11 is 27.4. The molecule has 9 aliphatic rings. The van der Waals surface area contributed by atoms with E-state index in [2.05, 4.69) is 87.7 Å². The monoisotopic (exact) mass is 2180 g/mol. The normalized spacial score (nSPS) is 37.3. The van der Waals surface area contributed by atoms with Crippen LogP contribution in [0, 0.1) is 0 Å². The van der Waals surface area contributed by atoms with Crippen molar-refractivity contribution in [3.8, 4) is 0 Å². The molecule has 9 saturated heterocycles. The summed E-state index contributed by atoms with van der Waals surface area (Å²) in [5.41, 5.74) is 34.2. The maximum absolute atomic E-state index is 16.1. The minimum Gasteiger partial charge on any atom is -0.398 e. The van der Waals surface area contributed by atoms with Crippen LogP contribution in [-0.4, -0.2) is 275 Å². The summed E-state index contributed by atoms with van der Waals surface area (Å²) in [5.74, 6) is -4.57. The Balaban J connectivity index is 0.000000131. The first-order chi connectivity index (χ1) is 64.3. The van der Waals surface area contributed by atoms with E-state index in [1.54, 1.807) is 12.1 Å². The number of rotatable bonds is 6. The Bertz CT molecular complexity index is 6940. The predicted octanol–water partition coefficient (Wildman–Crippen LogP) is 4.50. The van der Waals surface area contributed by atoms with E-state index >= 15 is 30.7 Å². The van der Waals surface area contributed by atoms with Gasteiger partial charge in [0.15, 0.2) is 81.1 Å². The summed E-state index contributed by atoms with van der Waals surface area (Å²) in [6.07, 6.45) is -20.6. The number of H-pyrrole nitrogens is 3. The lowest BCUT2D eigenvalue weighted by molar-refractivity contribution is -0.141. The number of nitrogens with two attached hydrogens (primary N) is 6. The van der Waals surface area contributed by atoms with Crippen molar-refractivity contribution in [1.29, 1.82) is 0 Å². The number of hydrogen-bond donors (Lipinski definition) is 15. The van der Waals surface area contributed by atoms with Gasteiger partial charge in [0.25, 0.3) is 16.7 Å². The van der Waals surface area contributed by atoms with Crippen molar-refractivity contribution in [1.82, 2.24) is 103 Å². The standard InChI is InChI=1S/C23H25F2N7O8P2S3.C20H21F3N10O9P2S2.C20H22F2N10O8P2S3/c24-15-13-7-37-42(35,44)39-18-12(38-22(16(18)25)31-4-2-9-10(26)1-3-28-20(9)31)6-36-41(34,43)40-19(15)23(45-13)32-8-29-17-11(32)5-14(27)30-21(17)33;21-9-8-4-38-43(35,36)42-13-7(40-18(20(13,22)23)33-14-10(30-31-33)6(24)1-2-26-14)3-39-44(37,45)41-12(9)17(46-8)32-5-27-11-15(32)28-19(25)29-16(11)34;21-9-8-4-37-42(35,44)39-13-7(38-18(10(13)22)32-15-11(29-30-32)6(23)1-2-25-15)3-36-41(34,43)40-14(9)19(45-8)31-5-26-12-16(31)27-20(24)28-17(12)33/h1-5,8,12-13,15-16,18-19,22-23H,6-7H2,(H2,26,28)(H,34,43)(H,35,44)(H3,27,30,33);1-2,5,7-9,12-13,17-18H,3-4H2,(H2,24,26)(H,35,36)(H,37,45)(H3,25,28,29,34);1-2,5,7-10,13-14,18-19H,3-4H2,(H2,23,25)(H,34,43)(H,35,44)(H3,24,27,28,33)/t12-,13-,15-,16+,18-,19-,22-,23-,41?,42?;7-,8-,9+,12-,13-,17-,18-,44?;7-,8-,9+,10+,13-,14-,18-,19-,41?,42?/m111/s1. The van der Waals surface area contributed by atoms with E-state index in [0.717, 1.165) is 46.3 Å². The summed E-state index contributed by atoms with van der Waals surface area (Å²) in [6, 6.07) is 7.53. The molecular weight excluding hydrogens is 2110 g/mol. The van der Waals surface area contributed by atoms with Crippen molar-refractivity contribution in [2.75, 3.05) is 74.0 Å². The number of aromatic amines is 3. The van der Waals surface area contributed by atoms with Gasteiger partial charge in [-0.05, 0) is 71.5 Å². The number of aromatic nitrogens is 21. The number of phosphoric acid groups is 1. The number of nitrogens with zero attached hydrogens (tertiary/aromatic N) is 18. The van der Waals surface area contributed by atoms with Crippen LogP contribution >= 0.6 is 89.0 Å². The highest BCUT2D eigenvalue weighted by atomic mass is 32.7. The first kappa shape index (κ1) is 97.7. The second-order valence-electron chi connectivity index (χ2n) is 30.8. The summed E-state index contributed by atoms with van der Waals surface area (Å²) in [6.45, 7) is -25.8. The molecular formula is C63H68F7N27O25P6S8. The SMILES string of the molecule is Nc1cc2c(ncn2[C@@H]2S[C@@H]3COP(O)(=S)O[C@H]4[C@H](F)[C@H](n5ccc6c(N)ccnc65)O[C@@H]4COP(=O)(S)O[C@@H]2[C@@H]3F)c(=O)[nH]1.Nc1nc2c(ncn2[C@@H]2S[C@@H]3COP(=O)(O)O[C@@H]4[C@@H](COP(O)(=S)O[C@@H]2[C@H]3F)O[C@@H](n2nnc3c(N)ccnc32)C4(F)F)c(=O)[nH]1.Nc1nc2c(ncn2[C@@H]2S[C@@H]3COP(O)(=S)O[C@H]4[C@H](F)[C@H](n5nnc6c(N)ccnc65)O[C@@H]4COP(O)(=S)O[C@@H]2[C@H]3F)c(=O)[nH]1. The minimum atomic E-state index is -5.37. The second kappa shape index (κ2) is 37.0. The van der Waals surface area contributed by atoms with Gasteiger partial charge < -0.3 is 105 Å². The average Bonchev–Trinajstić information content (AvgIpc) is 1.60. The fraction of sp³-hybridized carbons (Fsp3) is 0.476. The number of pyridine rings is 4. The van der Waals surface area contributed by atoms with Gasteiger partial charge in [0.1, 0.15) is 94.9 Å². The molecule has 0 aliphatic carbocycles. The zero-order valence-electron chi connectivity index (χ0n) is 67.5. The molecule has 0 amide bonds. The largest absolute Gasteiger partial charge is 0.472 e. The third-order valence-electron chi connectivity index (χ3n) is 22.1. The van der Waals surface area contributed by atoms with E-state index < -0.39 is 240 Å². The van der Waals surface area contributed by atoms with E-state index in [1.807, 2.05) is 0 Å². The highest BCUT2D eigenvalue weighted by Gasteiger charge is 2.65. The highest BCUT2D eigenvalue weighted by Crippen LogP contribution is 2.64. The van der Waals surface area contributed by atoms with Crippen molar-refractivity contribution >= 4 is 238 Å². The lowest BCUT2D eigenvalue weighted by atomic mass is 10.1. The summed E-state index contributed by atoms with van der Waals surface area (Å²) < 4.78 is 228. The van der Waals surface area contributed by atoms with Crippen molar-refractivity contribution < 1.29 is 133 Å². The number of halogens is 7. The van der Waals surface area contributed by atoms with Crippen LogP contribution < -0.4 is 51.1 Å². The quantitative estimate of drug-likeness (QED) is 0.0619. The van der Waals surface area contributed by atoms with Crippen molar-refractivity contribution in [3.63, 3.8) is 0 Å². The molecule has 9 aliphatic heterocycles. The van der Waals surface area contributed by atoms with Crippen molar-refractivity contribution in [2.45, 2.75) is 142 Å². The Labute approximate surface area is 790 Å². The Morgan fingerprint density at radius 1 is 0.456 bits per heavy atom. The molecule has 21 heterocycles. The summed E-state index contributed by atoms with van der Waals surface area (Å²) in [4.78, 5) is 131. The molecule has 73 heteroatoms. The number of phosphoric ester groups is 1. The first-order valence-corrected chi connectivity index (χ1v) is 56.5. The molecule has 20 N–H and O–H groups in total. The lowest BCUT2D eigenvalue weighted by Crippen LogP contribution is -2.41. The van der Waals surface area contributed by atoms with Gasteiger partial charge in [-0.1, -0.05) is 22.7 Å². The Kier molecular flexibility index (Phi) is 26.6. The zero-order valence-corrected chi connectivity index (χ0v) is 79.5. The molecule has 12 aromatic heterocycles. The smallest absolute Gasteiger partial charge is 0.398 e. The molecule has 136 heavy (non-hydrogen) atoms. The van der Waals surface area contributed by atoms with Gasteiger partial charge >= 0.3 is 47.4 Å². The lowest BCUT2D eigenvalue weighted by Gasteiger charge is -2.27. The predicted molar refractivity (Wildman–Crippen MR) is 483 cm³/mol. The van der Waals surface area contributed by atoms with Gasteiger partial charge in [0, 0.05) is 41.9 Å². The summed E-state index contributed by atoms with van der Waals surface area (Å²) in [7, 11) is -5.37. The average molecular weight is 2180 g/mol. The van der Waals surface area contributed by atoms with Crippen molar-refractivity contribution in [3.05, 3.63) is 105 Å². The molecule has 9 fully saturated rings. The number of hydrogen-bond acceptors (Lipinski definition) is 45. The van der Waals surface area contributed by atoms with E-state index in [9.17, 15) is 48.0 Å². The molecule has 0 radical (unpaired) electrons. The fourth-order valence-electron chi connectivity index (χ4n) is 16.0. The minimum absolute atomic E-state index is 0.0131. The second-order valence-corrected chi connectivity index (χ2v) is 50.3. The van der Waals surface area contributed by atoms with Gasteiger partial charge in [-0.25, -0.2) is 61.0 Å². The van der Waals surface area contributed by atoms with Gasteiger partial charge in [0.05, 0.1) is 91.3 Å². The first-order valence-electron chi connectivity index (χ1n) is 39.2. The van der Waals surface area contributed by atoms with Crippen LogP contribution in [0.3, 0.4) is 0 Å². The number of alkyl halides is 7. The Morgan fingerprint density at radius 3 is 1.43 bits per heavy atom. The Morgan fingerprint density at radius 2 is 0.882 bits per heavy atom. The third kappa shape index (κ3) is 18.8. The maximum Gasteiger partial charge on any atom is 0.472 e. The number of imidazole rings is 3. The summed E-state index contributed by atoms with van der Waals surface area (Å²) in [5, 5.41) is 9.19. The molecule has 29 atom stereocenters. The number of nitrogens with one attached hydrogen (secondary N) is 3. The molecule has 0 spiro atoms. The maximum atomic E-state index is 16.1. The molecule has 0 saturated carbocycles. The van der Waals surface area contributed by atoms with Crippen LogP contribution in [0.2, 0.25) is 0 Å². The molecule has 12 aromatic rings. The van der Waals surface area contributed by atoms with E-state index in [0.29, 0.717) is 21.4 Å². The zero-order chi connectivity index (χ0) is 96.4. The highest BCUT2D eigenvalue weighted by molar-refractivity contribution is 8.44. The Hall–Kier alpha value is -7.12.